The van der Waals surface area contributed by atoms with Crippen molar-refractivity contribution >= 4 is 28.6 Å². The van der Waals surface area contributed by atoms with Gasteiger partial charge in [0.1, 0.15) is 5.75 Å². The van der Waals surface area contributed by atoms with Crippen LogP contribution in [0.2, 0.25) is 0 Å². The van der Waals surface area contributed by atoms with Crippen molar-refractivity contribution in [2.24, 2.45) is 0 Å². The highest BCUT2D eigenvalue weighted by molar-refractivity contribution is 8.00. The summed E-state index contributed by atoms with van der Waals surface area (Å²) in [6.07, 6.45) is 2.09. The summed E-state index contributed by atoms with van der Waals surface area (Å²) in [5, 5.41) is 0.680. The topological polar surface area (TPSA) is 64.4 Å². The summed E-state index contributed by atoms with van der Waals surface area (Å²) in [6, 6.07) is 14.7. The number of hydrogen-bond acceptors (Lipinski definition) is 5. The summed E-state index contributed by atoms with van der Waals surface area (Å²) in [5.74, 6) is 0.698. The summed E-state index contributed by atoms with van der Waals surface area (Å²) < 4.78 is 7.35. The molecular weight excluding hydrogens is 398 g/mol. The predicted octanol–water partition coefficient (Wildman–Crippen LogP) is 3.89. The van der Waals surface area contributed by atoms with E-state index >= 15 is 0 Å². The van der Waals surface area contributed by atoms with Crippen molar-refractivity contribution in [1.82, 2.24) is 14.5 Å². The van der Waals surface area contributed by atoms with Crippen LogP contribution < -0.4 is 10.3 Å². The number of benzene rings is 2. The van der Waals surface area contributed by atoms with Crippen LogP contribution in [0, 0.1) is 0 Å². The van der Waals surface area contributed by atoms with E-state index in [9.17, 15) is 9.59 Å². The maximum atomic E-state index is 13.5. The third-order valence-corrected chi connectivity index (χ3v) is 6.24. The molecular formula is C23H25N3O3S. The van der Waals surface area contributed by atoms with Gasteiger partial charge >= 0.3 is 0 Å². The van der Waals surface area contributed by atoms with E-state index < -0.39 is 0 Å². The lowest BCUT2D eigenvalue weighted by molar-refractivity contribution is -0.129. The number of nitrogens with zero attached hydrogens (tertiary/aromatic N) is 3. The number of thioether (sulfide) groups is 1. The molecule has 1 aliphatic heterocycles. The zero-order chi connectivity index (χ0) is 21.1. The second kappa shape index (κ2) is 8.92. The SMILES string of the molecule is CCOc1ccccc1-n1c(S[C@H](C)C(=O)N2CCCC2)nc2ccccc2c1=O. The number of likely N-dealkylation sites (tertiary alicyclic amines) is 1. The van der Waals surface area contributed by atoms with E-state index in [-0.39, 0.29) is 16.7 Å². The Morgan fingerprint density at radius 3 is 2.60 bits per heavy atom. The van der Waals surface area contributed by atoms with Crippen LogP contribution in [-0.2, 0) is 4.79 Å². The molecule has 1 aliphatic rings. The Kier molecular flexibility index (Phi) is 6.08. The molecule has 7 heteroatoms. The number of ether oxygens (including phenoxy) is 1. The van der Waals surface area contributed by atoms with Crippen molar-refractivity contribution in [2.45, 2.75) is 37.1 Å². The number of rotatable bonds is 6. The molecule has 0 N–H and O–H groups in total. The minimum Gasteiger partial charge on any atom is -0.492 e. The van der Waals surface area contributed by atoms with Crippen LogP contribution in [0.3, 0.4) is 0 Å². The highest BCUT2D eigenvalue weighted by Gasteiger charge is 2.26. The molecule has 4 rings (SSSR count). The zero-order valence-electron chi connectivity index (χ0n) is 17.2. The van der Waals surface area contributed by atoms with Gasteiger partial charge in [0.05, 0.1) is 28.4 Å². The van der Waals surface area contributed by atoms with Gasteiger partial charge in [-0.15, -0.1) is 0 Å². The highest BCUT2D eigenvalue weighted by Crippen LogP contribution is 2.30. The Morgan fingerprint density at radius 1 is 1.13 bits per heavy atom. The van der Waals surface area contributed by atoms with Gasteiger partial charge in [-0.3, -0.25) is 14.2 Å². The number of amides is 1. The molecule has 0 spiro atoms. The molecule has 6 nitrogen and oxygen atoms in total. The standard InChI is InChI=1S/C23H25N3O3S/c1-3-29-20-13-7-6-12-19(20)26-22(28)17-10-4-5-11-18(17)24-23(26)30-16(2)21(27)25-14-8-9-15-25/h4-7,10-13,16H,3,8-9,14-15H2,1-2H3/t16-/m1/s1. The molecule has 2 aromatic carbocycles. The zero-order valence-corrected chi connectivity index (χ0v) is 18.0. The van der Waals surface area contributed by atoms with Gasteiger partial charge in [-0.25, -0.2) is 4.98 Å². The Balaban J connectivity index is 1.83. The van der Waals surface area contributed by atoms with Gasteiger partial charge in [0.15, 0.2) is 5.16 Å². The van der Waals surface area contributed by atoms with Gasteiger partial charge < -0.3 is 9.64 Å². The van der Waals surface area contributed by atoms with Gasteiger partial charge in [-0.1, -0.05) is 36.0 Å². The summed E-state index contributed by atoms with van der Waals surface area (Å²) in [7, 11) is 0. The second-order valence-electron chi connectivity index (χ2n) is 7.25. The van der Waals surface area contributed by atoms with Crippen LogP contribution >= 0.6 is 11.8 Å². The molecule has 1 saturated heterocycles. The third-order valence-electron chi connectivity index (χ3n) is 5.20. The highest BCUT2D eigenvalue weighted by atomic mass is 32.2. The quantitative estimate of drug-likeness (QED) is 0.445. The van der Waals surface area contributed by atoms with Crippen LogP contribution in [-0.4, -0.2) is 45.3 Å². The Bertz CT molecular complexity index is 1120. The summed E-state index contributed by atoms with van der Waals surface area (Å²) in [5.41, 5.74) is 1.08. The monoisotopic (exact) mass is 423 g/mol. The van der Waals surface area contributed by atoms with E-state index in [4.69, 9.17) is 9.72 Å². The van der Waals surface area contributed by atoms with E-state index in [1.165, 1.54) is 11.8 Å². The normalized spacial score (nSPS) is 14.8. The predicted molar refractivity (Wildman–Crippen MR) is 120 cm³/mol. The summed E-state index contributed by atoms with van der Waals surface area (Å²) >= 11 is 1.32. The van der Waals surface area contributed by atoms with Gasteiger partial charge in [0.25, 0.3) is 5.56 Å². The average molecular weight is 424 g/mol. The second-order valence-corrected chi connectivity index (χ2v) is 8.55. The van der Waals surface area contributed by atoms with Gasteiger partial charge in [0, 0.05) is 13.1 Å². The number of carbonyl (C=O) groups excluding carboxylic acids is 1. The number of carbonyl (C=O) groups is 1. The lowest BCUT2D eigenvalue weighted by atomic mass is 10.2. The fraction of sp³-hybridized carbons (Fsp3) is 0.348. The van der Waals surface area contributed by atoms with Crippen molar-refractivity contribution in [3.8, 4) is 11.4 Å². The van der Waals surface area contributed by atoms with Gasteiger partial charge in [-0.05, 0) is 51.0 Å². The van der Waals surface area contributed by atoms with Gasteiger partial charge in [-0.2, -0.15) is 0 Å². The van der Waals surface area contributed by atoms with Crippen molar-refractivity contribution in [2.75, 3.05) is 19.7 Å². The first-order chi connectivity index (χ1) is 14.6. The van der Waals surface area contributed by atoms with Gasteiger partial charge in [0.2, 0.25) is 5.91 Å². The van der Waals surface area contributed by atoms with E-state index in [0.717, 1.165) is 25.9 Å². The molecule has 0 radical (unpaired) electrons. The van der Waals surface area contributed by atoms with Crippen LogP contribution in [0.4, 0.5) is 0 Å². The van der Waals surface area contributed by atoms with Crippen molar-refractivity contribution in [3.05, 3.63) is 58.9 Å². The molecule has 1 atom stereocenters. The number of fused-ring (bicyclic) bond motifs is 1. The minimum absolute atomic E-state index is 0.0875. The summed E-state index contributed by atoms with van der Waals surface area (Å²) in [6.45, 7) is 5.87. The average Bonchev–Trinajstić information content (AvgIpc) is 3.29. The lowest BCUT2D eigenvalue weighted by Crippen LogP contribution is -2.34. The fourth-order valence-electron chi connectivity index (χ4n) is 3.73. The van der Waals surface area contributed by atoms with Crippen molar-refractivity contribution in [3.63, 3.8) is 0 Å². The molecule has 1 amide bonds. The van der Waals surface area contributed by atoms with E-state index in [2.05, 4.69) is 0 Å². The smallest absolute Gasteiger partial charge is 0.266 e. The molecule has 3 aromatic rings. The van der Waals surface area contributed by atoms with Crippen LogP contribution in [0.15, 0.2) is 58.5 Å². The first-order valence-corrected chi connectivity index (χ1v) is 11.2. The van der Waals surface area contributed by atoms with Crippen LogP contribution in [0.1, 0.15) is 26.7 Å². The molecule has 2 heterocycles. The molecule has 0 unspecified atom stereocenters. The van der Waals surface area contributed by atoms with E-state index in [1.54, 1.807) is 10.6 Å². The molecule has 0 bridgehead atoms. The van der Waals surface area contributed by atoms with Crippen LogP contribution in [0.25, 0.3) is 16.6 Å². The first-order valence-electron chi connectivity index (χ1n) is 10.3. The van der Waals surface area contributed by atoms with E-state index in [1.807, 2.05) is 61.2 Å². The Morgan fingerprint density at radius 2 is 1.83 bits per heavy atom. The molecule has 0 saturated carbocycles. The molecule has 156 valence electrons. The molecule has 0 aliphatic carbocycles. The molecule has 30 heavy (non-hydrogen) atoms. The Labute approximate surface area is 179 Å². The third kappa shape index (κ3) is 3.94. The van der Waals surface area contributed by atoms with E-state index in [0.29, 0.717) is 34.1 Å². The number of hydrogen-bond donors (Lipinski definition) is 0. The number of aromatic nitrogens is 2. The lowest BCUT2D eigenvalue weighted by Gasteiger charge is -2.21. The maximum Gasteiger partial charge on any atom is 0.266 e. The van der Waals surface area contributed by atoms with Crippen molar-refractivity contribution in [1.29, 1.82) is 0 Å². The number of para-hydroxylation sites is 3. The first kappa shape index (κ1) is 20.5. The van der Waals surface area contributed by atoms with Crippen LogP contribution in [0.5, 0.6) is 5.75 Å². The largest absolute Gasteiger partial charge is 0.492 e. The Hall–Kier alpha value is -2.80. The van der Waals surface area contributed by atoms with Crippen molar-refractivity contribution < 1.29 is 9.53 Å². The molecule has 1 fully saturated rings. The minimum atomic E-state index is -0.346. The maximum absolute atomic E-state index is 13.5. The molecule has 1 aromatic heterocycles. The summed E-state index contributed by atoms with van der Waals surface area (Å²) in [4.78, 5) is 33.0. The fourth-order valence-corrected chi connectivity index (χ4v) is 4.73.